The molecule has 1 atom stereocenters. The van der Waals surface area contributed by atoms with E-state index < -0.39 is 0 Å². The van der Waals surface area contributed by atoms with Gasteiger partial charge in [0.25, 0.3) is 0 Å². The molecule has 1 unspecified atom stereocenters. The third-order valence-electron chi connectivity index (χ3n) is 3.72. The van der Waals surface area contributed by atoms with Crippen molar-refractivity contribution in [1.29, 1.82) is 0 Å². The Morgan fingerprint density at radius 3 is 2.38 bits per heavy atom. The molecule has 0 aliphatic heterocycles. The summed E-state index contributed by atoms with van der Waals surface area (Å²) in [5, 5.41) is 0. The van der Waals surface area contributed by atoms with Gasteiger partial charge < -0.3 is 0 Å². The Morgan fingerprint density at radius 1 is 1.12 bits per heavy atom. The summed E-state index contributed by atoms with van der Waals surface area (Å²) < 4.78 is 0. The smallest absolute Gasteiger partial charge is 0.159 e. The van der Waals surface area contributed by atoms with Crippen molar-refractivity contribution < 1.29 is 4.79 Å². The van der Waals surface area contributed by atoms with Gasteiger partial charge in [-0.2, -0.15) is 0 Å². The largest absolute Gasteiger partial charge is 0.295 e. The number of unbranched alkanes of at least 4 members (excludes halogenated alkanes) is 4. The molecule has 92 valence electrons. The van der Waals surface area contributed by atoms with E-state index in [1.54, 1.807) is 0 Å². The highest BCUT2D eigenvalue weighted by molar-refractivity contribution is 5.98. The fourth-order valence-corrected chi connectivity index (χ4v) is 2.70. The lowest BCUT2D eigenvalue weighted by Crippen LogP contribution is -2.07. The van der Waals surface area contributed by atoms with Crippen LogP contribution in [0, 0.1) is 5.92 Å². The number of rotatable bonds is 7. The van der Waals surface area contributed by atoms with Crippen LogP contribution in [-0.2, 0) is 4.79 Å². The van der Waals surface area contributed by atoms with Gasteiger partial charge in [-0.3, -0.25) is 4.79 Å². The summed E-state index contributed by atoms with van der Waals surface area (Å²) in [7, 11) is 0. The van der Waals surface area contributed by atoms with Crippen LogP contribution in [-0.4, -0.2) is 5.78 Å². The molecule has 16 heavy (non-hydrogen) atoms. The van der Waals surface area contributed by atoms with Crippen LogP contribution in [0.1, 0.15) is 72.1 Å². The lowest BCUT2D eigenvalue weighted by atomic mass is 9.91. The molecule has 0 fully saturated rings. The molecule has 0 N–H and O–H groups in total. The van der Waals surface area contributed by atoms with Crippen molar-refractivity contribution in [2.45, 2.75) is 72.1 Å². The van der Waals surface area contributed by atoms with Crippen molar-refractivity contribution in [2.75, 3.05) is 0 Å². The van der Waals surface area contributed by atoms with Crippen LogP contribution in [0.25, 0.3) is 0 Å². The van der Waals surface area contributed by atoms with Crippen molar-refractivity contribution in [3.05, 3.63) is 11.1 Å². The van der Waals surface area contributed by atoms with E-state index in [1.807, 2.05) is 0 Å². The summed E-state index contributed by atoms with van der Waals surface area (Å²) in [5.74, 6) is 0.912. The molecule has 0 spiro atoms. The summed E-state index contributed by atoms with van der Waals surface area (Å²) in [6, 6.07) is 0. The monoisotopic (exact) mass is 222 g/mol. The van der Waals surface area contributed by atoms with Gasteiger partial charge in [0, 0.05) is 6.42 Å². The Hall–Kier alpha value is -0.590. The van der Waals surface area contributed by atoms with Crippen LogP contribution >= 0.6 is 0 Å². The summed E-state index contributed by atoms with van der Waals surface area (Å²) >= 11 is 0. The van der Waals surface area contributed by atoms with Gasteiger partial charge in [-0.1, -0.05) is 51.5 Å². The Balaban J connectivity index is 2.27. The molecule has 1 aliphatic carbocycles. The molecule has 0 amide bonds. The second-order valence-electron chi connectivity index (χ2n) is 5.22. The number of carbonyl (C=O) groups is 1. The van der Waals surface area contributed by atoms with Crippen LogP contribution in [0.2, 0.25) is 0 Å². The van der Waals surface area contributed by atoms with Crippen LogP contribution in [0.3, 0.4) is 0 Å². The van der Waals surface area contributed by atoms with Crippen LogP contribution in [0.5, 0.6) is 0 Å². The normalized spacial score (nSPS) is 18.3. The van der Waals surface area contributed by atoms with Crippen LogP contribution in [0.4, 0.5) is 0 Å². The fourth-order valence-electron chi connectivity index (χ4n) is 2.70. The van der Waals surface area contributed by atoms with E-state index in [9.17, 15) is 4.79 Å². The zero-order valence-electron chi connectivity index (χ0n) is 11.1. The van der Waals surface area contributed by atoms with E-state index in [0.717, 1.165) is 18.4 Å². The Bertz CT molecular complexity index is 263. The summed E-state index contributed by atoms with van der Waals surface area (Å²) in [4.78, 5) is 11.7. The highest BCUT2D eigenvalue weighted by Gasteiger charge is 2.24. The summed E-state index contributed by atoms with van der Waals surface area (Å²) in [6.07, 6.45) is 9.60. The molecule has 0 heterocycles. The van der Waals surface area contributed by atoms with Gasteiger partial charge in [0.05, 0.1) is 0 Å². The number of allylic oxidation sites excluding steroid dienone is 2. The van der Waals surface area contributed by atoms with Gasteiger partial charge in [0.15, 0.2) is 5.78 Å². The maximum atomic E-state index is 11.7. The van der Waals surface area contributed by atoms with Gasteiger partial charge in [-0.25, -0.2) is 0 Å². The predicted molar refractivity (Wildman–Crippen MR) is 69.5 cm³/mol. The zero-order valence-corrected chi connectivity index (χ0v) is 11.1. The topological polar surface area (TPSA) is 17.1 Å². The lowest BCUT2D eigenvalue weighted by molar-refractivity contribution is -0.115. The first-order valence-corrected chi connectivity index (χ1v) is 6.89. The Labute approximate surface area is 100 Å². The second kappa shape index (κ2) is 6.88. The zero-order chi connectivity index (χ0) is 12.0. The number of carbonyl (C=O) groups excluding carboxylic acids is 1. The van der Waals surface area contributed by atoms with Crippen molar-refractivity contribution in [3.63, 3.8) is 0 Å². The van der Waals surface area contributed by atoms with E-state index in [0.29, 0.717) is 11.7 Å². The quantitative estimate of drug-likeness (QED) is 0.572. The minimum atomic E-state index is 0.415. The molecule has 0 saturated heterocycles. The van der Waals surface area contributed by atoms with E-state index >= 15 is 0 Å². The molecule has 1 rings (SSSR count). The molecule has 0 aromatic carbocycles. The van der Waals surface area contributed by atoms with Crippen molar-refractivity contribution in [2.24, 2.45) is 5.92 Å². The SMILES string of the molecule is CCCCCCCC(C)C1=C(C)CCC1=O. The molecule has 1 heteroatoms. The van der Waals surface area contributed by atoms with Gasteiger partial charge in [0.1, 0.15) is 0 Å². The van der Waals surface area contributed by atoms with E-state index in [4.69, 9.17) is 0 Å². The van der Waals surface area contributed by atoms with Gasteiger partial charge in [-0.05, 0) is 31.3 Å². The average molecular weight is 222 g/mol. The Kier molecular flexibility index (Phi) is 5.79. The molecular formula is C15H26O. The van der Waals surface area contributed by atoms with Crippen LogP contribution in [0.15, 0.2) is 11.1 Å². The highest BCUT2D eigenvalue weighted by Crippen LogP contribution is 2.30. The maximum absolute atomic E-state index is 11.7. The number of ketones is 1. The minimum absolute atomic E-state index is 0.415. The molecule has 0 radical (unpaired) electrons. The molecule has 1 nitrogen and oxygen atoms in total. The van der Waals surface area contributed by atoms with Gasteiger partial charge >= 0.3 is 0 Å². The third kappa shape index (κ3) is 3.77. The molecule has 0 aromatic heterocycles. The first-order chi connectivity index (χ1) is 7.66. The molecule has 0 saturated carbocycles. The highest BCUT2D eigenvalue weighted by atomic mass is 16.1. The third-order valence-corrected chi connectivity index (χ3v) is 3.72. The standard InChI is InChI=1S/C15H26O/c1-4-5-6-7-8-9-12(2)15-13(3)10-11-14(15)16/h12H,4-11H2,1-3H3. The maximum Gasteiger partial charge on any atom is 0.159 e. The van der Waals surface area contributed by atoms with E-state index in [1.165, 1.54) is 44.1 Å². The van der Waals surface area contributed by atoms with E-state index in [-0.39, 0.29) is 0 Å². The number of hydrogen-bond acceptors (Lipinski definition) is 1. The first kappa shape index (κ1) is 13.5. The fraction of sp³-hybridized carbons (Fsp3) is 0.800. The minimum Gasteiger partial charge on any atom is -0.295 e. The molecule has 0 aromatic rings. The number of hydrogen-bond donors (Lipinski definition) is 0. The summed E-state index contributed by atoms with van der Waals surface area (Å²) in [5.41, 5.74) is 2.52. The van der Waals surface area contributed by atoms with Crippen molar-refractivity contribution in [1.82, 2.24) is 0 Å². The average Bonchev–Trinajstić information content (AvgIpc) is 2.58. The molecule has 1 aliphatic rings. The predicted octanol–water partition coefficient (Wildman–Crippen LogP) is 4.66. The van der Waals surface area contributed by atoms with Crippen molar-refractivity contribution in [3.8, 4) is 0 Å². The van der Waals surface area contributed by atoms with Gasteiger partial charge in [0.2, 0.25) is 0 Å². The second-order valence-corrected chi connectivity index (χ2v) is 5.22. The first-order valence-electron chi connectivity index (χ1n) is 6.89. The Morgan fingerprint density at radius 2 is 1.81 bits per heavy atom. The van der Waals surface area contributed by atoms with Crippen molar-refractivity contribution >= 4 is 5.78 Å². The lowest BCUT2D eigenvalue weighted by Gasteiger charge is -2.13. The van der Waals surface area contributed by atoms with E-state index in [2.05, 4.69) is 20.8 Å². The summed E-state index contributed by atoms with van der Waals surface area (Å²) in [6.45, 7) is 6.60. The molecular weight excluding hydrogens is 196 g/mol. The molecule has 0 bridgehead atoms. The number of Topliss-reactive ketones (excluding diaryl/α,β-unsaturated/α-hetero) is 1. The van der Waals surface area contributed by atoms with Gasteiger partial charge in [-0.15, -0.1) is 0 Å². The van der Waals surface area contributed by atoms with Crippen LogP contribution < -0.4 is 0 Å².